The molecule has 0 atom stereocenters. The van der Waals surface area contributed by atoms with Crippen LogP contribution in [0.5, 0.6) is 5.75 Å². The number of anilines is 1. The largest absolute Gasteiger partial charge is 1.00 e. The first kappa shape index (κ1) is 18.7. The van der Waals surface area contributed by atoms with Crippen molar-refractivity contribution in [3.05, 3.63) is 17.5 Å². The number of aromatic nitrogens is 1. The van der Waals surface area contributed by atoms with E-state index in [2.05, 4.69) is 10.3 Å². The molecule has 21 heavy (non-hydrogen) atoms. The predicted molar refractivity (Wildman–Crippen MR) is 79.2 cm³/mol. The van der Waals surface area contributed by atoms with Crippen LogP contribution in [0, 0.1) is 0 Å². The van der Waals surface area contributed by atoms with E-state index in [0.717, 1.165) is 5.52 Å². The van der Waals surface area contributed by atoms with Crippen molar-refractivity contribution in [2.24, 2.45) is 0 Å². The Kier molecular flexibility index (Phi) is 8.55. The van der Waals surface area contributed by atoms with Crippen LogP contribution < -0.4 is 40.0 Å². The van der Waals surface area contributed by atoms with E-state index in [0.29, 0.717) is 36.7 Å². The van der Waals surface area contributed by atoms with Crippen LogP contribution in [-0.4, -0.2) is 31.0 Å². The average Bonchev–Trinajstić information content (AvgIpc) is 2.88. The summed E-state index contributed by atoms with van der Waals surface area (Å²) in [7, 11) is 0. The van der Waals surface area contributed by atoms with Crippen LogP contribution in [0.1, 0.15) is 20.3 Å². The molecule has 0 unspecified atom stereocenters. The average molecular weight is 318 g/mol. The fourth-order valence-electron chi connectivity index (χ4n) is 1.92. The van der Waals surface area contributed by atoms with Crippen LogP contribution in [0.3, 0.4) is 0 Å². The smallest absolute Gasteiger partial charge is 0.871 e. The van der Waals surface area contributed by atoms with Gasteiger partial charge in [0.15, 0.2) is 6.29 Å². The van der Waals surface area contributed by atoms with Crippen LogP contribution >= 0.6 is 11.3 Å². The summed E-state index contributed by atoms with van der Waals surface area (Å²) < 4.78 is 11.6. The van der Waals surface area contributed by atoms with Crippen molar-refractivity contribution < 1.29 is 44.1 Å². The van der Waals surface area contributed by atoms with E-state index in [9.17, 15) is 5.11 Å². The molecule has 2 heterocycles. The summed E-state index contributed by atoms with van der Waals surface area (Å²) in [6, 6.07) is 3.39. The van der Waals surface area contributed by atoms with Crippen molar-refractivity contribution in [2.75, 3.05) is 25.1 Å². The number of thiophene rings is 1. The second kappa shape index (κ2) is 9.61. The number of ether oxygens (including phenoxy) is 2. The van der Waals surface area contributed by atoms with Crippen LogP contribution in [0.4, 0.5) is 5.82 Å². The van der Waals surface area contributed by atoms with E-state index in [-0.39, 0.29) is 41.6 Å². The monoisotopic (exact) mass is 318 g/mol. The normalized spacial score (nSPS) is 10.8. The zero-order valence-corrected chi connectivity index (χ0v) is 15.5. The molecule has 2 aromatic heterocycles. The summed E-state index contributed by atoms with van der Waals surface area (Å²) in [6.07, 6.45) is 0.494. The van der Waals surface area contributed by atoms with Gasteiger partial charge in [0.05, 0.1) is 5.52 Å². The fraction of sp³-hybridized carbons (Fsp3) is 0.500. The Balaban J connectivity index is 0.00000220. The van der Waals surface area contributed by atoms with Gasteiger partial charge in [-0.2, -0.15) is 0 Å². The number of hydrogen-bond acceptors (Lipinski definition) is 6. The number of fused-ring (bicyclic) bond motifs is 1. The summed E-state index contributed by atoms with van der Waals surface area (Å²) in [5.74, 6) is 0.617. The maximum atomic E-state index is 11.8. The zero-order valence-electron chi connectivity index (χ0n) is 12.7. The Bertz CT molecular complexity index is 544. The van der Waals surface area contributed by atoms with Crippen LogP contribution in [0.15, 0.2) is 17.5 Å². The molecule has 0 spiro atoms. The van der Waals surface area contributed by atoms with Gasteiger partial charge in [0, 0.05) is 30.9 Å². The molecule has 5 nitrogen and oxygen atoms in total. The molecule has 0 fully saturated rings. The number of hydrogen-bond donors (Lipinski definition) is 1. The SMILES string of the molecule is CCOC(CCNc1cc([O-])c2sccc2n1)OCC.[Na+]. The van der Waals surface area contributed by atoms with E-state index in [1.807, 2.05) is 25.3 Å². The Labute approximate surface area is 151 Å². The molecule has 0 saturated heterocycles. The molecule has 0 saturated carbocycles. The number of rotatable bonds is 8. The first-order chi connectivity index (χ1) is 9.74. The van der Waals surface area contributed by atoms with Gasteiger partial charge in [0.2, 0.25) is 0 Å². The number of nitrogens with zero attached hydrogens (tertiary/aromatic N) is 1. The molecule has 0 amide bonds. The molecule has 0 aromatic carbocycles. The van der Waals surface area contributed by atoms with Gasteiger partial charge in [0.1, 0.15) is 5.82 Å². The van der Waals surface area contributed by atoms with Crippen LogP contribution in [-0.2, 0) is 9.47 Å². The molecule has 2 aromatic rings. The topological polar surface area (TPSA) is 66.4 Å². The Hall–Kier alpha value is -0.370. The number of pyridine rings is 1. The molecule has 0 aliphatic rings. The molecule has 0 bridgehead atoms. The summed E-state index contributed by atoms with van der Waals surface area (Å²) in [5.41, 5.74) is 0.746. The van der Waals surface area contributed by atoms with Crippen LogP contribution in [0.25, 0.3) is 10.2 Å². The quantitative estimate of drug-likeness (QED) is 0.529. The first-order valence-electron chi connectivity index (χ1n) is 6.77. The Morgan fingerprint density at radius 2 is 2.05 bits per heavy atom. The summed E-state index contributed by atoms with van der Waals surface area (Å²) in [5, 5.41) is 16.9. The minimum atomic E-state index is -0.214. The minimum Gasteiger partial charge on any atom is -0.871 e. The molecule has 7 heteroatoms. The van der Waals surface area contributed by atoms with Gasteiger partial charge >= 0.3 is 29.6 Å². The van der Waals surface area contributed by atoms with Crippen LogP contribution in [0.2, 0.25) is 0 Å². The standard InChI is InChI=1S/C14H20N2O3S.Na/c1-3-18-13(19-4-2)5-7-15-12-9-11(17)14-10(16-12)6-8-20-14;/h6,8-9,13H,3-5,7H2,1-2H3,(H2,15,16,17);/q;+1/p-1. The molecule has 0 aliphatic heterocycles. The first-order valence-corrected chi connectivity index (χ1v) is 7.64. The summed E-state index contributed by atoms with van der Waals surface area (Å²) in [4.78, 5) is 4.40. The predicted octanol–water partition coefficient (Wildman–Crippen LogP) is -0.425. The molecule has 0 radical (unpaired) electrons. The van der Waals surface area contributed by atoms with Gasteiger partial charge in [0.25, 0.3) is 0 Å². The van der Waals surface area contributed by atoms with Gasteiger partial charge in [-0.25, -0.2) is 4.98 Å². The van der Waals surface area contributed by atoms with Gasteiger partial charge in [-0.05, 0) is 31.4 Å². The second-order valence-corrected chi connectivity index (χ2v) is 5.11. The van der Waals surface area contributed by atoms with Crippen molar-refractivity contribution in [3.8, 4) is 5.75 Å². The molecular weight excluding hydrogens is 299 g/mol. The summed E-state index contributed by atoms with van der Waals surface area (Å²) >= 11 is 1.42. The third kappa shape index (κ3) is 5.39. The van der Waals surface area contributed by atoms with E-state index in [1.165, 1.54) is 17.4 Å². The van der Waals surface area contributed by atoms with Gasteiger partial charge < -0.3 is 19.9 Å². The maximum absolute atomic E-state index is 11.8. The molecule has 2 rings (SSSR count). The van der Waals surface area contributed by atoms with E-state index in [1.54, 1.807) is 0 Å². The molecule has 0 aliphatic carbocycles. The van der Waals surface area contributed by atoms with E-state index < -0.39 is 0 Å². The van der Waals surface area contributed by atoms with Crippen molar-refractivity contribution in [3.63, 3.8) is 0 Å². The van der Waals surface area contributed by atoms with Crippen molar-refractivity contribution in [2.45, 2.75) is 26.6 Å². The number of nitrogens with one attached hydrogen (secondary N) is 1. The Morgan fingerprint density at radius 1 is 1.33 bits per heavy atom. The molecule has 1 N–H and O–H groups in total. The molecular formula is C14H19N2NaO3S. The van der Waals surface area contributed by atoms with Crippen molar-refractivity contribution in [1.29, 1.82) is 0 Å². The maximum Gasteiger partial charge on any atom is 1.00 e. The third-order valence-corrected chi connectivity index (χ3v) is 3.69. The minimum absolute atomic E-state index is 0. The Morgan fingerprint density at radius 3 is 2.71 bits per heavy atom. The second-order valence-electron chi connectivity index (χ2n) is 4.20. The van der Waals surface area contributed by atoms with Gasteiger partial charge in [-0.15, -0.1) is 11.3 Å². The summed E-state index contributed by atoms with van der Waals surface area (Å²) in [6.45, 7) is 5.76. The van der Waals surface area contributed by atoms with Gasteiger partial charge in [-0.1, -0.05) is 5.75 Å². The molecule has 110 valence electrons. The fourth-order valence-corrected chi connectivity index (χ4v) is 2.66. The van der Waals surface area contributed by atoms with Gasteiger partial charge in [-0.3, -0.25) is 0 Å². The van der Waals surface area contributed by atoms with E-state index in [4.69, 9.17) is 9.47 Å². The zero-order chi connectivity index (χ0) is 14.4. The van der Waals surface area contributed by atoms with Crippen molar-refractivity contribution in [1.82, 2.24) is 4.98 Å². The van der Waals surface area contributed by atoms with E-state index >= 15 is 0 Å². The third-order valence-electron chi connectivity index (χ3n) is 2.77. The van der Waals surface area contributed by atoms with Crippen molar-refractivity contribution >= 4 is 27.4 Å².